The molecular formula is C18H22BrN. The first-order chi connectivity index (χ1) is 9.68. The van der Waals surface area contributed by atoms with E-state index in [4.69, 9.17) is 5.73 Å². The lowest BCUT2D eigenvalue weighted by atomic mass is 9.73. The molecule has 106 valence electrons. The molecule has 2 aromatic carbocycles. The van der Waals surface area contributed by atoms with Crippen molar-refractivity contribution in [2.24, 2.45) is 11.1 Å². The van der Waals surface area contributed by atoms with Crippen molar-refractivity contribution in [3.8, 4) is 0 Å². The fourth-order valence-corrected chi connectivity index (χ4v) is 4.33. The number of hydrogen-bond donors (Lipinski definition) is 1. The van der Waals surface area contributed by atoms with Crippen LogP contribution in [0, 0.1) is 5.41 Å². The van der Waals surface area contributed by atoms with Crippen LogP contribution in [-0.4, -0.2) is 0 Å². The molecule has 1 nitrogen and oxygen atoms in total. The molecule has 1 fully saturated rings. The van der Waals surface area contributed by atoms with Crippen molar-refractivity contribution in [2.75, 3.05) is 0 Å². The Balaban J connectivity index is 2.12. The molecule has 20 heavy (non-hydrogen) atoms. The Morgan fingerprint density at radius 2 is 1.75 bits per heavy atom. The van der Waals surface area contributed by atoms with Crippen LogP contribution in [0.5, 0.6) is 0 Å². The topological polar surface area (TPSA) is 26.0 Å². The monoisotopic (exact) mass is 331 g/mol. The summed E-state index contributed by atoms with van der Waals surface area (Å²) in [5, 5.41) is 2.57. The molecule has 0 aromatic heterocycles. The van der Waals surface area contributed by atoms with Crippen LogP contribution in [-0.2, 0) is 0 Å². The van der Waals surface area contributed by atoms with E-state index in [0.29, 0.717) is 5.41 Å². The highest BCUT2D eigenvalue weighted by molar-refractivity contribution is 9.10. The van der Waals surface area contributed by atoms with Crippen molar-refractivity contribution >= 4 is 26.7 Å². The minimum atomic E-state index is 0.146. The van der Waals surface area contributed by atoms with Crippen LogP contribution in [0.1, 0.15) is 50.6 Å². The largest absolute Gasteiger partial charge is 0.323 e. The number of halogens is 1. The molecule has 0 saturated heterocycles. The predicted molar refractivity (Wildman–Crippen MR) is 89.8 cm³/mol. The van der Waals surface area contributed by atoms with Gasteiger partial charge in [-0.3, -0.25) is 0 Å². The van der Waals surface area contributed by atoms with Crippen molar-refractivity contribution in [1.82, 2.24) is 0 Å². The van der Waals surface area contributed by atoms with Crippen LogP contribution in [0.4, 0.5) is 0 Å². The summed E-state index contributed by atoms with van der Waals surface area (Å²) >= 11 is 3.65. The lowest BCUT2D eigenvalue weighted by molar-refractivity contribution is 0.223. The number of hydrogen-bond acceptors (Lipinski definition) is 1. The molecule has 0 bridgehead atoms. The minimum Gasteiger partial charge on any atom is -0.323 e. The average Bonchev–Trinajstić information content (AvgIpc) is 2.97. The van der Waals surface area contributed by atoms with Gasteiger partial charge in [-0.1, -0.05) is 66.0 Å². The van der Waals surface area contributed by atoms with Gasteiger partial charge in [0.2, 0.25) is 0 Å². The number of nitrogens with two attached hydrogens (primary N) is 1. The van der Waals surface area contributed by atoms with Crippen molar-refractivity contribution in [3.63, 3.8) is 0 Å². The maximum absolute atomic E-state index is 6.75. The van der Waals surface area contributed by atoms with Gasteiger partial charge in [0.1, 0.15) is 0 Å². The molecule has 3 rings (SSSR count). The van der Waals surface area contributed by atoms with Crippen LogP contribution >= 0.6 is 15.9 Å². The fourth-order valence-electron chi connectivity index (χ4n) is 3.85. The van der Waals surface area contributed by atoms with Crippen molar-refractivity contribution < 1.29 is 0 Å². The summed E-state index contributed by atoms with van der Waals surface area (Å²) in [6, 6.07) is 13.1. The third-order valence-electron chi connectivity index (χ3n) is 5.20. The number of benzene rings is 2. The van der Waals surface area contributed by atoms with E-state index in [2.05, 4.69) is 59.3 Å². The molecule has 1 saturated carbocycles. The molecule has 0 aliphatic heterocycles. The van der Waals surface area contributed by atoms with E-state index in [-0.39, 0.29) is 6.04 Å². The SMILES string of the molecule is CCC1(C(N)c2ccc(Br)c3ccccc23)CCCC1. The molecule has 0 amide bonds. The molecular weight excluding hydrogens is 310 g/mol. The zero-order valence-corrected chi connectivity index (χ0v) is 13.6. The van der Waals surface area contributed by atoms with E-state index >= 15 is 0 Å². The van der Waals surface area contributed by atoms with Crippen molar-refractivity contribution in [1.29, 1.82) is 0 Å². The first-order valence-corrected chi connectivity index (χ1v) is 8.40. The molecule has 1 aliphatic rings. The Hall–Kier alpha value is -0.860. The van der Waals surface area contributed by atoms with Gasteiger partial charge in [-0.25, -0.2) is 0 Å². The van der Waals surface area contributed by atoms with E-state index < -0.39 is 0 Å². The van der Waals surface area contributed by atoms with Crippen molar-refractivity contribution in [2.45, 2.75) is 45.1 Å². The van der Waals surface area contributed by atoms with Crippen molar-refractivity contribution in [3.05, 3.63) is 46.4 Å². The van der Waals surface area contributed by atoms with E-state index in [1.165, 1.54) is 48.4 Å². The molecule has 1 unspecified atom stereocenters. The van der Waals surface area contributed by atoms with Gasteiger partial charge >= 0.3 is 0 Å². The number of rotatable bonds is 3. The Bertz CT molecular complexity index is 614. The zero-order valence-electron chi connectivity index (χ0n) is 12.0. The van der Waals surface area contributed by atoms with Crippen LogP contribution in [0.3, 0.4) is 0 Å². The Morgan fingerprint density at radius 1 is 1.10 bits per heavy atom. The second-order valence-electron chi connectivity index (χ2n) is 6.08. The highest BCUT2D eigenvalue weighted by Crippen LogP contribution is 2.50. The van der Waals surface area contributed by atoms with Gasteiger partial charge in [0, 0.05) is 10.5 Å². The van der Waals surface area contributed by atoms with Gasteiger partial charge in [-0.05, 0) is 47.1 Å². The molecule has 0 heterocycles. The zero-order chi connectivity index (χ0) is 14.2. The summed E-state index contributed by atoms with van der Waals surface area (Å²) in [5.41, 5.74) is 8.36. The highest BCUT2D eigenvalue weighted by atomic mass is 79.9. The standard InChI is InChI=1S/C18H22BrN/c1-2-18(11-5-6-12-18)17(20)15-9-10-16(19)14-8-4-3-7-13(14)15/h3-4,7-10,17H,2,5-6,11-12,20H2,1H3. The van der Waals surface area contributed by atoms with E-state index in [1.807, 2.05) is 0 Å². The van der Waals surface area contributed by atoms with Gasteiger partial charge in [0.05, 0.1) is 0 Å². The molecule has 1 atom stereocenters. The highest BCUT2D eigenvalue weighted by Gasteiger charge is 2.39. The quantitative estimate of drug-likeness (QED) is 0.781. The van der Waals surface area contributed by atoms with Crippen LogP contribution in [0.2, 0.25) is 0 Å². The second-order valence-corrected chi connectivity index (χ2v) is 6.94. The molecule has 1 aliphatic carbocycles. The third kappa shape index (κ3) is 2.19. The van der Waals surface area contributed by atoms with Gasteiger partial charge in [-0.2, -0.15) is 0 Å². The van der Waals surface area contributed by atoms with Gasteiger partial charge in [0.15, 0.2) is 0 Å². The lowest BCUT2D eigenvalue weighted by Crippen LogP contribution is -2.31. The summed E-state index contributed by atoms with van der Waals surface area (Å²) in [6.45, 7) is 2.30. The van der Waals surface area contributed by atoms with Gasteiger partial charge < -0.3 is 5.73 Å². The molecule has 0 spiro atoms. The molecule has 2 N–H and O–H groups in total. The molecule has 2 heteroatoms. The summed E-state index contributed by atoms with van der Waals surface area (Å²) in [6.07, 6.45) is 6.38. The van der Waals surface area contributed by atoms with Gasteiger partial charge in [0.25, 0.3) is 0 Å². The van der Waals surface area contributed by atoms with Gasteiger partial charge in [-0.15, -0.1) is 0 Å². The summed E-state index contributed by atoms with van der Waals surface area (Å²) < 4.78 is 1.15. The van der Waals surface area contributed by atoms with Crippen LogP contribution in [0.15, 0.2) is 40.9 Å². The average molecular weight is 332 g/mol. The first kappa shape index (κ1) is 14.1. The Morgan fingerprint density at radius 3 is 2.40 bits per heavy atom. The summed E-state index contributed by atoms with van der Waals surface area (Å²) in [4.78, 5) is 0. The number of fused-ring (bicyclic) bond motifs is 1. The maximum atomic E-state index is 6.75. The predicted octanol–water partition coefficient (Wildman–Crippen LogP) is 5.57. The van der Waals surface area contributed by atoms with E-state index in [0.717, 1.165) is 4.47 Å². The maximum Gasteiger partial charge on any atom is 0.0358 e. The second kappa shape index (κ2) is 5.50. The smallest absolute Gasteiger partial charge is 0.0358 e. The lowest BCUT2D eigenvalue weighted by Gasteiger charge is -2.35. The first-order valence-electron chi connectivity index (χ1n) is 7.61. The Kier molecular flexibility index (Phi) is 3.87. The van der Waals surface area contributed by atoms with E-state index in [9.17, 15) is 0 Å². The summed E-state index contributed by atoms with van der Waals surface area (Å²) in [5.74, 6) is 0. The third-order valence-corrected chi connectivity index (χ3v) is 5.89. The fraction of sp³-hybridized carbons (Fsp3) is 0.444. The molecule has 2 aromatic rings. The van der Waals surface area contributed by atoms with Crippen LogP contribution in [0.25, 0.3) is 10.8 Å². The van der Waals surface area contributed by atoms with Crippen LogP contribution < -0.4 is 5.73 Å². The van der Waals surface area contributed by atoms with E-state index in [1.54, 1.807) is 0 Å². The minimum absolute atomic E-state index is 0.146. The normalized spacial score (nSPS) is 19.4. The Labute approximate surface area is 129 Å². The molecule has 0 radical (unpaired) electrons. The summed E-state index contributed by atoms with van der Waals surface area (Å²) in [7, 11) is 0.